The fraction of sp³-hybridized carbons (Fsp3) is 0.882. The van der Waals surface area contributed by atoms with E-state index in [0.717, 1.165) is 19.3 Å². The Labute approximate surface area is 130 Å². The molecular formula is C17H24O5. The van der Waals surface area contributed by atoms with Crippen LogP contribution in [0.2, 0.25) is 0 Å². The molecule has 0 amide bonds. The number of Topliss-reactive ketones (excluding diaryl/α,β-unsaturated/α-hetero) is 1. The number of carbonyl (C=O) groups excluding carboxylic acids is 2. The van der Waals surface area contributed by atoms with Crippen molar-refractivity contribution in [3.05, 3.63) is 0 Å². The van der Waals surface area contributed by atoms with E-state index in [1.165, 1.54) is 0 Å². The van der Waals surface area contributed by atoms with Gasteiger partial charge in [0, 0.05) is 17.8 Å². The molecule has 4 rings (SSSR count). The van der Waals surface area contributed by atoms with Gasteiger partial charge in [0.05, 0.1) is 25.0 Å². The van der Waals surface area contributed by atoms with Crippen molar-refractivity contribution in [3.8, 4) is 0 Å². The normalized spacial score (nSPS) is 49.9. The van der Waals surface area contributed by atoms with Gasteiger partial charge < -0.3 is 14.2 Å². The maximum absolute atomic E-state index is 13.5. The van der Waals surface area contributed by atoms with Crippen LogP contribution in [0.3, 0.4) is 0 Å². The summed E-state index contributed by atoms with van der Waals surface area (Å²) in [7, 11) is 0. The lowest BCUT2D eigenvalue weighted by Gasteiger charge is -2.40. The molecule has 0 radical (unpaired) electrons. The highest BCUT2D eigenvalue weighted by atomic mass is 16.7. The summed E-state index contributed by atoms with van der Waals surface area (Å²) in [6.07, 6.45) is 3.29. The first-order valence-corrected chi connectivity index (χ1v) is 8.41. The topological polar surface area (TPSA) is 61.8 Å². The van der Waals surface area contributed by atoms with Crippen molar-refractivity contribution < 1.29 is 23.8 Å². The van der Waals surface area contributed by atoms with Crippen molar-refractivity contribution in [1.29, 1.82) is 0 Å². The summed E-state index contributed by atoms with van der Waals surface area (Å²) in [6, 6.07) is 0. The van der Waals surface area contributed by atoms with E-state index in [1.807, 2.05) is 13.8 Å². The average molecular weight is 308 g/mol. The molecule has 2 saturated heterocycles. The zero-order chi connectivity index (χ0) is 15.8. The molecule has 22 heavy (non-hydrogen) atoms. The van der Waals surface area contributed by atoms with E-state index in [0.29, 0.717) is 19.6 Å². The van der Waals surface area contributed by atoms with Crippen LogP contribution in [-0.2, 0) is 23.8 Å². The lowest BCUT2D eigenvalue weighted by Crippen LogP contribution is -2.55. The van der Waals surface area contributed by atoms with E-state index >= 15 is 0 Å². The van der Waals surface area contributed by atoms with Gasteiger partial charge in [-0.25, -0.2) is 0 Å². The minimum Gasteiger partial charge on any atom is -0.450 e. The summed E-state index contributed by atoms with van der Waals surface area (Å²) in [5, 5.41) is 0. The number of carbonyl (C=O) groups is 2. The van der Waals surface area contributed by atoms with Crippen LogP contribution in [0, 0.1) is 23.2 Å². The molecule has 0 aromatic heterocycles. The Hall–Kier alpha value is -0.940. The lowest BCUT2D eigenvalue weighted by atomic mass is 9.67. The Morgan fingerprint density at radius 1 is 1.05 bits per heavy atom. The van der Waals surface area contributed by atoms with Gasteiger partial charge in [0.15, 0.2) is 17.2 Å². The molecule has 0 unspecified atom stereocenters. The molecule has 0 bridgehead atoms. The molecular weight excluding hydrogens is 284 g/mol. The fourth-order valence-corrected chi connectivity index (χ4v) is 5.42. The number of esters is 1. The van der Waals surface area contributed by atoms with Crippen LogP contribution < -0.4 is 0 Å². The minimum absolute atomic E-state index is 0.00324. The first kappa shape index (κ1) is 14.6. The second kappa shape index (κ2) is 4.32. The van der Waals surface area contributed by atoms with Crippen LogP contribution >= 0.6 is 0 Å². The standard InChI is InChI=1S/C17H24O5/c1-10-12-4-5-15(3)6-7-16(20-8-9-21-16)11(2)13(18)17(12,15)22-14(10)19/h10-12H,4-9H2,1-3H3/t10-,11-,12-,15-,17-/m0/s1. The van der Waals surface area contributed by atoms with Crippen LogP contribution in [0.25, 0.3) is 0 Å². The van der Waals surface area contributed by atoms with Crippen molar-refractivity contribution in [2.24, 2.45) is 23.2 Å². The average Bonchev–Trinajstić information content (AvgIpc) is 3.13. The summed E-state index contributed by atoms with van der Waals surface area (Å²) < 4.78 is 17.6. The lowest BCUT2D eigenvalue weighted by molar-refractivity contribution is -0.200. The Kier molecular flexibility index (Phi) is 2.88. The number of ether oxygens (including phenoxy) is 3. The van der Waals surface area contributed by atoms with Crippen molar-refractivity contribution in [2.75, 3.05) is 13.2 Å². The van der Waals surface area contributed by atoms with E-state index < -0.39 is 17.3 Å². The van der Waals surface area contributed by atoms with Crippen LogP contribution in [0.5, 0.6) is 0 Å². The SMILES string of the molecule is C[C@@H]1C(=O)O[C@@]23C(=O)[C@H](C)C4(CC[C@]2(C)CC[C@@H]13)OCCO4. The maximum Gasteiger partial charge on any atom is 0.310 e. The Bertz CT molecular complexity index is 537. The molecule has 2 aliphatic heterocycles. The van der Waals surface area contributed by atoms with Crippen LogP contribution in [0.4, 0.5) is 0 Å². The van der Waals surface area contributed by atoms with E-state index in [1.54, 1.807) is 0 Å². The van der Waals surface area contributed by atoms with Gasteiger partial charge in [-0.2, -0.15) is 0 Å². The smallest absolute Gasteiger partial charge is 0.310 e. The highest BCUT2D eigenvalue weighted by Crippen LogP contribution is 2.64. The zero-order valence-corrected chi connectivity index (χ0v) is 13.5. The van der Waals surface area contributed by atoms with Gasteiger partial charge in [-0.15, -0.1) is 0 Å². The van der Waals surface area contributed by atoms with Crippen molar-refractivity contribution in [2.45, 2.75) is 57.8 Å². The third kappa shape index (κ3) is 1.47. The quantitative estimate of drug-likeness (QED) is 0.641. The molecule has 0 aromatic rings. The molecule has 2 spiro atoms. The van der Waals surface area contributed by atoms with Gasteiger partial charge in [0.1, 0.15) is 0 Å². The van der Waals surface area contributed by atoms with Gasteiger partial charge >= 0.3 is 5.97 Å². The van der Waals surface area contributed by atoms with E-state index in [9.17, 15) is 9.59 Å². The van der Waals surface area contributed by atoms with Crippen molar-refractivity contribution >= 4 is 11.8 Å². The summed E-state index contributed by atoms with van der Waals surface area (Å²) in [6.45, 7) is 6.94. The number of hydrogen-bond acceptors (Lipinski definition) is 5. The summed E-state index contributed by atoms with van der Waals surface area (Å²) in [5.74, 6) is -1.64. The summed E-state index contributed by atoms with van der Waals surface area (Å²) in [5.41, 5.74) is -1.27. The summed E-state index contributed by atoms with van der Waals surface area (Å²) in [4.78, 5) is 25.7. The third-order valence-electron chi connectivity index (χ3n) is 6.88. The van der Waals surface area contributed by atoms with E-state index in [2.05, 4.69) is 6.92 Å². The van der Waals surface area contributed by atoms with Gasteiger partial charge in [-0.3, -0.25) is 9.59 Å². The second-order valence-electron chi connectivity index (χ2n) is 7.75. The van der Waals surface area contributed by atoms with Gasteiger partial charge in [-0.1, -0.05) is 20.8 Å². The molecule has 2 heterocycles. The number of rotatable bonds is 0. The second-order valence-corrected chi connectivity index (χ2v) is 7.75. The van der Waals surface area contributed by atoms with Crippen LogP contribution in [0.15, 0.2) is 0 Å². The first-order chi connectivity index (χ1) is 10.4. The monoisotopic (exact) mass is 308 g/mol. The minimum atomic E-state index is -0.971. The van der Waals surface area contributed by atoms with Gasteiger partial charge in [-0.05, 0) is 19.3 Å². The number of ketones is 1. The Morgan fingerprint density at radius 2 is 1.73 bits per heavy atom. The summed E-state index contributed by atoms with van der Waals surface area (Å²) >= 11 is 0. The fourth-order valence-electron chi connectivity index (χ4n) is 5.42. The highest BCUT2D eigenvalue weighted by molar-refractivity contribution is 5.97. The molecule has 5 atom stereocenters. The Balaban J connectivity index is 1.83. The molecule has 2 saturated carbocycles. The molecule has 2 aliphatic carbocycles. The molecule has 5 nitrogen and oxygen atoms in total. The molecule has 0 N–H and O–H groups in total. The molecule has 122 valence electrons. The predicted octanol–water partition coefficient (Wildman–Crippen LogP) is 2.08. The maximum atomic E-state index is 13.5. The van der Waals surface area contributed by atoms with Crippen LogP contribution in [0.1, 0.15) is 46.5 Å². The third-order valence-corrected chi connectivity index (χ3v) is 6.88. The predicted molar refractivity (Wildman–Crippen MR) is 76.9 cm³/mol. The van der Waals surface area contributed by atoms with Crippen molar-refractivity contribution in [3.63, 3.8) is 0 Å². The zero-order valence-electron chi connectivity index (χ0n) is 13.5. The van der Waals surface area contributed by atoms with E-state index in [-0.39, 0.29) is 29.0 Å². The Morgan fingerprint density at radius 3 is 2.41 bits per heavy atom. The highest BCUT2D eigenvalue weighted by Gasteiger charge is 2.73. The molecule has 4 aliphatic rings. The van der Waals surface area contributed by atoms with Gasteiger partial charge in [0.25, 0.3) is 0 Å². The molecule has 4 fully saturated rings. The number of hydrogen-bond donors (Lipinski definition) is 0. The molecule has 5 heteroatoms. The van der Waals surface area contributed by atoms with E-state index in [4.69, 9.17) is 14.2 Å². The van der Waals surface area contributed by atoms with Crippen molar-refractivity contribution in [1.82, 2.24) is 0 Å². The van der Waals surface area contributed by atoms with Gasteiger partial charge in [0.2, 0.25) is 0 Å². The molecule has 0 aromatic carbocycles. The van der Waals surface area contributed by atoms with Crippen LogP contribution in [-0.4, -0.2) is 36.4 Å². The largest absolute Gasteiger partial charge is 0.450 e. The first-order valence-electron chi connectivity index (χ1n) is 8.41.